The minimum absolute atomic E-state index is 0.199. The second-order valence-corrected chi connectivity index (χ2v) is 7.40. The molecule has 4 nitrogen and oxygen atoms in total. The summed E-state index contributed by atoms with van der Waals surface area (Å²) in [6, 6.07) is 6.79. The molecule has 110 valence electrons. The lowest BCUT2D eigenvalue weighted by atomic mass is 9.81. The van der Waals surface area contributed by atoms with Gasteiger partial charge in [-0.2, -0.15) is 12.7 Å². The van der Waals surface area contributed by atoms with Crippen LogP contribution in [0.2, 0.25) is 0 Å². The number of hydrogen-bond acceptors (Lipinski definition) is 2. The molecule has 2 saturated heterocycles. The van der Waals surface area contributed by atoms with E-state index in [-0.39, 0.29) is 24.9 Å². The minimum Gasteiger partial charge on any atom is -0.239 e. The third-order valence-electron chi connectivity index (χ3n) is 4.59. The quantitative estimate of drug-likeness (QED) is 0.907. The summed E-state index contributed by atoms with van der Waals surface area (Å²) in [6.45, 7) is 1.89. The molecule has 0 aliphatic carbocycles. The Morgan fingerprint density at radius 2 is 1.80 bits per heavy atom. The number of fused-ring (bicyclic) bond motifs is 2. The van der Waals surface area contributed by atoms with Gasteiger partial charge in [0.1, 0.15) is 5.67 Å². The van der Waals surface area contributed by atoms with Crippen LogP contribution in [0.25, 0.3) is 0 Å². The third-order valence-corrected chi connectivity index (χ3v) is 5.78. The lowest BCUT2D eigenvalue weighted by molar-refractivity contribution is 0.0474. The topological polar surface area (TPSA) is 63.4 Å². The summed E-state index contributed by atoms with van der Waals surface area (Å²) in [5, 5.41) is 5.26. The first-order chi connectivity index (χ1) is 9.31. The smallest absolute Gasteiger partial charge is 0.239 e. The van der Waals surface area contributed by atoms with Gasteiger partial charge in [-0.05, 0) is 30.9 Å². The molecule has 0 saturated carbocycles. The van der Waals surface area contributed by atoms with Crippen molar-refractivity contribution in [1.29, 1.82) is 0 Å². The highest BCUT2D eigenvalue weighted by molar-refractivity contribution is 7.86. The Labute approximate surface area is 119 Å². The summed E-state index contributed by atoms with van der Waals surface area (Å²) in [7, 11) is -3.74. The molecule has 2 fully saturated rings. The minimum atomic E-state index is -3.74. The van der Waals surface area contributed by atoms with Crippen LogP contribution in [0.5, 0.6) is 0 Å². The van der Waals surface area contributed by atoms with Gasteiger partial charge in [-0.15, -0.1) is 0 Å². The molecule has 2 aliphatic rings. The number of benzene rings is 1. The molecule has 3 rings (SSSR count). The van der Waals surface area contributed by atoms with Crippen LogP contribution in [0.1, 0.15) is 36.8 Å². The first-order valence-corrected chi connectivity index (χ1v) is 8.38. The zero-order valence-corrected chi connectivity index (χ0v) is 12.2. The number of nitrogens with zero attached hydrogens (tertiary/aromatic N) is 1. The third kappa shape index (κ3) is 2.16. The molecule has 2 unspecified atom stereocenters. The maximum atomic E-state index is 15.4. The molecule has 2 atom stereocenters. The van der Waals surface area contributed by atoms with Crippen molar-refractivity contribution in [3.05, 3.63) is 35.4 Å². The van der Waals surface area contributed by atoms with Crippen molar-refractivity contribution in [2.75, 3.05) is 0 Å². The largest absolute Gasteiger partial charge is 0.277 e. The molecule has 2 N–H and O–H groups in total. The highest BCUT2D eigenvalue weighted by Crippen LogP contribution is 2.49. The van der Waals surface area contributed by atoms with Gasteiger partial charge in [-0.3, -0.25) is 0 Å². The summed E-state index contributed by atoms with van der Waals surface area (Å²) in [6.07, 6.45) is 1.78. The fourth-order valence-electron chi connectivity index (χ4n) is 3.86. The van der Waals surface area contributed by atoms with E-state index in [1.165, 1.54) is 4.31 Å². The van der Waals surface area contributed by atoms with Gasteiger partial charge in [0, 0.05) is 24.9 Å². The van der Waals surface area contributed by atoms with Crippen LogP contribution in [0.15, 0.2) is 24.3 Å². The lowest BCUT2D eigenvalue weighted by Crippen LogP contribution is -2.52. The monoisotopic (exact) mass is 298 g/mol. The molecule has 2 bridgehead atoms. The Balaban J connectivity index is 1.96. The molecular weight excluding hydrogens is 279 g/mol. The molecular formula is C14H19FN2O2S. The molecule has 20 heavy (non-hydrogen) atoms. The average molecular weight is 298 g/mol. The number of piperidine rings is 1. The SMILES string of the molecule is Cc1ccccc1C1(F)CC2CCC(C1)N2S(N)(=O)=O. The van der Waals surface area contributed by atoms with Crippen molar-refractivity contribution in [3.63, 3.8) is 0 Å². The molecule has 1 aromatic carbocycles. The Bertz CT molecular complexity index is 618. The van der Waals surface area contributed by atoms with Crippen LogP contribution in [0.3, 0.4) is 0 Å². The first-order valence-electron chi connectivity index (χ1n) is 6.87. The van der Waals surface area contributed by atoms with E-state index < -0.39 is 15.9 Å². The Morgan fingerprint density at radius 1 is 1.25 bits per heavy atom. The van der Waals surface area contributed by atoms with Gasteiger partial charge in [0.25, 0.3) is 10.2 Å². The number of rotatable bonds is 2. The van der Waals surface area contributed by atoms with Crippen LogP contribution in [0.4, 0.5) is 4.39 Å². The summed E-state index contributed by atoms with van der Waals surface area (Å²) >= 11 is 0. The van der Waals surface area contributed by atoms with E-state index in [4.69, 9.17) is 5.14 Å². The predicted molar refractivity (Wildman–Crippen MR) is 75.0 cm³/mol. The van der Waals surface area contributed by atoms with Gasteiger partial charge in [0.05, 0.1) is 0 Å². The van der Waals surface area contributed by atoms with Gasteiger partial charge in [0.2, 0.25) is 0 Å². The number of nitrogens with two attached hydrogens (primary N) is 1. The van der Waals surface area contributed by atoms with Crippen LogP contribution in [-0.2, 0) is 15.9 Å². The zero-order valence-electron chi connectivity index (χ0n) is 11.4. The summed E-state index contributed by atoms with van der Waals surface area (Å²) < 4.78 is 40.0. The lowest BCUT2D eigenvalue weighted by Gasteiger charge is -2.41. The summed E-state index contributed by atoms with van der Waals surface area (Å²) in [4.78, 5) is 0. The predicted octanol–water partition coefficient (Wildman–Crippen LogP) is 1.99. The summed E-state index contributed by atoms with van der Waals surface area (Å²) in [5.41, 5.74) is 0.155. The van der Waals surface area contributed by atoms with Crippen molar-refractivity contribution in [2.45, 2.75) is 50.4 Å². The number of aryl methyl sites for hydroxylation is 1. The van der Waals surface area contributed by atoms with Gasteiger partial charge < -0.3 is 0 Å². The van der Waals surface area contributed by atoms with Crippen LogP contribution in [0, 0.1) is 6.92 Å². The Hall–Kier alpha value is -0.980. The Kier molecular flexibility index (Phi) is 3.15. The normalized spacial score (nSPS) is 34.4. The fraction of sp³-hybridized carbons (Fsp3) is 0.571. The second kappa shape index (κ2) is 4.51. The van der Waals surface area contributed by atoms with E-state index in [1.807, 2.05) is 25.1 Å². The maximum Gasteiger partial charge on any atom is 0.277 e. The van der Waals surface area contributed by atoms with Crippen molar-refractivity contribution in [3.8, 4) is 0 Å². The van der Waals surface area contributed by atoms with Crippen LogP contribution < -0.4 is 5.14 Å². The van der Waals surface area contributed by atoms with Crippen molar-refractivity contribution in [1.82, 2.24) is 4.31 Å². The molecule has 0 aromatic heterocycles. The Morgan fingerprint density at radius 3 is 2.30 bits per heavy atom. The van der Waals surface area contributed by atoms with E-state index in [0.29, 0.717) is 18.4 Å². The van der Waals surface area contributed by atoms with E-state index in [9.17, 15) is 8.42 Å². The number of alkyl halides is 1. The van der Waals surface area contributed by atoms with E-state index in [1.54, 1.807) is 6.07 Å². The zero-order chi connectivity index (χ0) is 14.5. The van der Waals surface area contributed by atoms with Gasteiger partial charge in [-0.25, -0.2) is 9.53 Å². The highest BCUT2D eigenvalue weighted by atomic mass is 32.2. The molecule has 0 amide bonds. The molecule has 0 spiro atoms. The van der Waals surface area contributed by atoms with E-state index in [0.717, 1.165) is 5.56 Å². The van der Waals surface area contributed by atoms with Gasteiger partial charge in [0.15, 0.2) is 0 Å². The maximum absolute atomic E-state index is 15.4. The van der Waals surface area contributed by atoms with Crippen molar-refractivity contribution < 1.29 is 12.8 Å². The van der Waals surface area contributed by atoms with E-state index >= 15 is 4.39 Å². The molecule has 2 aliphatic heterocycles. The van der Waals surface area contributed by atoms with Crippen molar-refractivity contribution >= 4 is 10.2 Å². The van der Waals surface area contributed by atoms with Gasteiger partial charge in [-0.1, -0.05) is 24.3 Å². The number of halogens is 1. The number of hydrogen-bond donors (Lipinski definition) is 1. The van der Waals surface area contributed by atoms with Gasteiger partial charge >= 0.3 is 0 Å². The van der Waals surface area contributed by atoms with Crippen LogP contribution >= 0.6 is 0 Å². The second-order valence-electron chi connectivity index (χ2n) is 5.95. The highest BCUT2D eigenvalue weighted by Gasteiger charge is 2.53. The molecule has 0 radical (unpaired) electrons. The standard InChI is InChI=1S/C14H19FN2O2S/c1-10-4-2-3-5-13(10)14(15)8-11-6-7-12(9-14)17(11)20(16,18)19/h2-5,11-12H,6-9H2,1H3,(H2,16,18,19). The fourth-order valence-corrected chi connectivity index (χ4v) is 5.05. The first kappa shape index (κ1) is 14.0. The van der Waals surface area contributed by atoms with Crippen molar-refractivity contribution in [2.24, 2.45) is 5.14 Å². The molecule has 6 heteroatoms. The average Bonchev–Trinajstić information content (AvgIpc) is 2.63. The van der Waals surface area contributed by atoms with E-state index in [2.05, 4.69) is 0 Å². The molecule has 2 heterocycles. The summed E-state index contributed by atoms with van der Waals surface area (Å²) in [5.74, 6) is 0. The molecule has 1 aromatic rings. The van der Waals surface area contributed by atoms with Crippen LogP contribution in [-0.4, -0.2) is 24.8 Å².